The van der Waals surface area contributed by atoms with Crippen molar-refractivity contribution in [2.45, 2.75) is 13.0 Å². The lowest BCUT2D eigenvalue weighted by Crippen LogP contribution is -2.48. The average Bonchev–Trinajstić information content (AvgIpc) is 2.69. The summed E-state index contributed by atoms with van der Waals surface area (Å²) in [6, 6.07) is 9.64. The number of hydrogen-bond acceptors (Lipinski definition) is 5. The lowest BCUT2D eigenvalue weighted by Gasteiger charge is -2.35. The molecule has 6 heteroatoms. The van der Waals surface area contributed by atoms with Gasteiger partial charge in [0.25, 0.3) is 0 Å². The first-order valence-electron chi connectivity index (χ1n) is 8.79. The molecule has 6 nitrogen and oxygen atoms in total. The molecule has 0 N–H and O–H groups in total. The van der Waals surface area contributed by atoms with Crippen molar-refractivity contribution in [3.8, 4) is 11.5 Å². The number of hydrogen-bond donors (Lipinski definition) is 0. The molecule has 0 bridgehead atoms. The van der Waals surface area contributed by atoms with Crippen molar-refractivity contribution in [2.24, 2.45) is 0 Å². The van der Waals surface area contributed by atoms with E-state index in [0.29, 0.717) is 12.2 Å². The number of pyridine rings is 1. The third kappa shape index (κ3) is 4.52. The van der Waals surface area contributed by atoms with Crippen LogP contribution in [-0.2, 0) is 17.8 Å². The van der Waals surface area contributed by atoms with E-state index >= 15 is 0 Å². The van der Waals surface area contributed by atoms with E-state index in [0.717, 1.165) is 44.0 Å². The van der Waals surface area contributed by atoms with Crippen LogP contribution in [0.3, 0.4) is 0 Å². The summed E-state index contributed by atoms with van der Waals surface area (Å²) in [4.78, 5) is 21.0. The Morgan fingerprint density at radius 3 is 2.42 bits per heavy atom. The Morgan fingerprint density at radius 2 is 1.77 bits per heavy atom. The highest BCUT2D eigenvalue weighted by atomic mass is 16.5. The highest BCUT2D eigenvalue weighted by Gasteiger charge is 2.22. The largest absolute Gasteiger partial charge is 0.497 e. The molecular weight excluding hydrogens is 330 g/mol. The predicted octanol–water partition coefficient (Wildman–Crippen LogP) is 1.99. The Bertz CT molecular complexity index is 728. The summed E-state index contributed by atoms with van der Waals surface area (Å²) in [6.07, 6.45) is 3.98. The average molecular weight is 355 g/mol. The molecule has 2 heterocycles. The zero-order valence-corrected chi connectivity index (χ0v) is 15.4. The van der Waals surface area contributed by atoms with Gasteiger partial charge >= 0.3 is 0 Å². The fraction of sp³-hybridized carbons (Fsp3) is 0.400. The Kier molecular flexibility index (Phi) is 6.07. The molecule has 0 spiro atoms. The van der Waals surface area contributed by atoms with Gasteiger partial charge in [0, 0.05) is 56.7 Å². The van der Waals surface area contributed by atoms with Gasteiger partial charge in [-0.1, -0.05) is 6.07 Å². The maximum absolute atomic E-state index is 12.7. The summed E-state index contributed by atoms with van der Waals surface area (Å²) < 4.78 is 10.6. The van der Waals surface area contributed by atoms with Crippen molar-refractivity contribution in [3.05, 3.63) is 53.9 Å². The van der Waals surface area contributed by atoms with E-state index in [4.69, 9.17) is 9.47 Å². The van der Waals surface area contributed by atoms with Crippen LogP contribution < -0.4 is 9.47 Å². The number of carbonyl (C=O) groups is 1. The van der Waals surface area contributed by atoms with E-state index < -0.39 is 0 Å². The van der Waals surface area contributed by atoms with Crippen molar-refractivity contribution in [3.63, 3.8) is 0 Å². The predicted molar refractivity (Wildman–Crippen MR) is 99.3 cm³/mol. The van der Waals surface area contributed by atoms with Gasteiger partial charge in [0.05, 0.1) is 20.6 Å². The Balaban J connectivity index is 1.54. The molecule has 1 aliphatic heterocycles. The van der Waals surface area contributed by atoms with Crippen LogP contribution in [0.4, 0.5) is 0 Å². The van der Waals surface area contributed by atoms with Gasteiger partial charge < -0.3 is 14.4 Å². The smallest absolute Gasteiger partial charge is 0.227 e. The first kappa shape index (κ1) is 18.2. The van der Waals surface area contributed by atoms with Crippen LogP contribution in [0.2, 0.25) is 0 Å². The van der Waals surface area contributed by atoms with Crippen LogP contribution in [0.5, 0.6) is 11.5 Å². The molecular formula is C20H25N3O3. The maximum atomic E-state index is 12.7. The van der Waals surface area contributed by atoms with Crippen molar-refractivity contribution < 1.29 is 14.3 Å². The summed E-state index contributed by atoms with van der Waals surface area (Å²) in [5.41, 5.74) is 2.14. The Morgan fingerprint density at radius 1 is 1.04 bits per heavy atom. The fourth-order valence-corrected chi connectivity index (χ4v) is 3.17. The number of nitrogens with zero attached hydrogens (tertiary/aromatic N) is 3. The summed E-state index contributed by atoms with van der Waals surface area (Å²) in [7, 11) is 3.23. The number of aromatic nitrogens is 1. The molecule has 0 radical (unpaired) electrons. The fourth-order valence-electron chi connectivity index (χ4n) is 3.17. The van der Waals surface area contributed by atoms with E-state index in [1.807, 2.05) is 47.6 Å². The lowest BCUT2D eigenvalue weighted by atomic mass is 10.1. The van der Waals surface area contributed by atoms with Crippen LogP contribution in [0, 0.1) is 0 Å². The normalized spacial score (nSPS) is 14.9. The maximum Gasteiger partial charge on any atom is 0.227 e. The van der Waals surface area contributed by atoms with Gasteiger partial charge in [0.2, 0.25) is 5.91 Å². The molecule has 2 aromatic rings. The van der Waals surface area contributed by atoms with E-state index in [1.165, 1.54) is 5.56 Å². The van der Waals surface area contributed by atoms with Crippen molar-refractivity contribution >= 4 is 5.91 Å². The summed E-state index contributed by atoms with van der Waals surface area (Å²) in [6.45, 7) is 4.17. The van der Waals surface area contributed by atoms with Crippen LogP contribution in [0.15, 0.2) is 42.7 Å². The SMILES string of the molecule is COc1ccc(CC(=O)N2CCN(Cc3ccncc3)CC2)c(OC)c1. The first-order valence-corrected chi connectivity index (χ1v) is 8.79. The minimum Gasteiger partial charge on any atom is -0.497 e. The number of carbonyl (C=O) groups excluding carboxylic acids is 1. The van der Waals surface area contributed by atoms with E-state index in [9.17, 15) is 4.79 Å². The van der Waals surface area contributed by atoms with Gasteiger partial charge in [-0.15, -0.1) is 0 Å². The molecule has 0 aliphatic carbocycles. The van der Waals surface area contributed by atoms with Crippen LogP contribution in [0.1, 0.15) is 11.1 Å². The minimum atomic E-state index is 0.136. The highest BCUT2D eigenvalue weighted by molar-refractivity contribution is 5.79. The van der Waals surface area contributed by atoms with Gasteiger partial charge in [-0.3, -0.25) is 14.7 Å². The first-order chi connectivity index (χ1) is 12.7. The monoisotopic (exact) mass is 355 g/mol. The molecule has 1 amide bonds. The van der Waals surface area contributed by atoms with Gasteiger partial charge in [-0.2, -0.15) is 0 Å². The second-order valence-electron chi connectivity index (χ2n) is 6.37. The number of amides is 1. The molecule has 26 heavy (non-hydrogen) atoms. The molecule has 0 unspecified atom stereocenters. The molecule has 1 aliphatic rings. The molecule has 3 rings (SSSR count). The molecule has 1 aromatic heterocycles. The standard InChI is InChI=1S/C20H25N3O3/c1-25-18-4-3-17(19(14-18)26-2)13-20(24)23-11-9-22(10-12-23)15-16-5-7-21-8-6-16/h3-8,14H,9-13,15H2,1-2H3. The number of rotatable bonds is 6. The summed E-state index contributed by atoms with van der Waals surface area (Å²) in [5, 5.41) is 0. The van der Waals surface area contributed by atoms with Crippen molar-refractivity contribution in [1.29, 1.82) is 0 Å². The second-order valence-corrected chi connectivity index (χ2v) is 6.37. The van der Waals surface area contributed by atoms with Crippen LogP contribution >= 0.6 is 0 Å². The van der Waals surface area contributed by atoms with Gasteiger partial charge in [-0.05, 0) is 23.8 Å². The minimum absolute atomic E-state index is 0.136. The highest BCUT2D eigenvalue weighted by Crippen LogP contribution is 2.25. The van der Waals surface area contributed by atoms with Gasteiger partial charge in [0.15, 0.2) is 0 Å². The molecule has 1 fully saturated rings. The Hall–Kier alpha value is -2.60. The van der Waals surface area contributed by atoms with Gasteiger partial charge in [0.1, 0.15) is 11.5 Å². The molecule has 0 atom stereocenters. The number of benzene rings is 1. The topological polar surface area (TPSA) is 54.9 Å². The second kappa shape index (κ2) is 8.67. The van der Waals surface area contributed by atoms with Crippen LogP contribution in [0.25, 0.3) is 0 Å². The number of methoxy groups -OCH3 is 2. The molecule has 0 saturated carbocycles. The van der Waals surface area contributed by atoms with Gasteiger partial charge in [-0.25, -0.2) is 0 Å². The zero-order chi connectivity index (χ0) is 18.4. The third-order valence-electron chi connectivity index (χ3n) is 4.72. The van der Waals surface area contributed by atoms with Crippen molar-refractivity contribution in [1.82, 2.24) is 14.8 Å². The quantitative estimate of drug-likeness (QED) is 0.793. The lowest BCUT2D eigenvalue weighted by molar-refractivity contribution is -0.132. The number of ether oxygens (including phenoxy) is 2. The summed E-state index contributed by atoms with van der Waals surface area (Å²) in [5.74, 6) is 1.55. The van der Waals surface area contributed by atoms with E-state index in [1.54, 1.807) is 14.2 Å². The molecule has 1 saturated heterocycles. The zero-order valence-electron chi connectivity index (χ0n) is 15.4. The number of piperazine rings is 1. The van der Waals surface area contributed by atoms with Crippen LogP contribution in [-0.4, -0.2) is 61.1 Å². The van der Waals surface area contributed by atoms with Crippen molar-refractivity contribution in [2.75, 3.05) is 40.4 Å². The Labute approximate surface area is 154 Å². The summed E-state index contributed by atoms with van der Waals surface area (Å²) >= 11 is 0. The third-order valence-corrected chi connectivity index (χ3v) is 4.72. The molecule has 138 valence electrons. The van der Waals surface area contributed by atoms with E-state index in [2.05, 4.69) is 9.88 Å². The van der Waals surface area contributed by atoms with E-state index in [-0.39, 0.29) is 5.91 Å². The molecule has 1 aromatic carbocycles.